The summed E-state index contributed by atoms with van der Waals surface area (Å²) in [6.07, 6.45) is 0. The van der Waals surface area contributed by atoms with E-state index in [1.807, 2.05) is 29.2 Å². The molecular weight excluding hydrogens is 390 g/mol. The number of sulfonamides is 1. The molecule has 0 N–H and O–H groups in total. The summed E-state index contributed by atoms with van der Waals surface area (Å²) in [5, 5.41) is 0. The monoisotopic (exact) mass is 417 g/mol. The van der Waals surface area contributed by atoms with E-state index >= 15 is 0 Å². The zero-order valence-corrected chi connectivity index (χ0v) is 17.9. The first-order valence-corrected chi connectivity index (χ1v) is 11.2. The Morgan fingerprint density at radius 1 is 1.07 bits per heavy atom. The Kier molecular flexibility index (Phi) is 6.32. The zero-order chi connectivity index (χ0) is 21.0. The Morgan fingerprint density at radius 3 is 2.31 bits per heavy atom. The lowest BCUT2D eigenvalue weighted by molar-refractivity contribution is 0.0747. The molecule has 8 heteroatoms. The number of ether oxygens (including phenoxy) is 1. The van der Waals surface area contributed by atoms with Crippen LogP contribution in [0.4, 0.5) is 11.4 Å². The van der Waals surface area contributed by atoms with Crippen LogP contribution in [0.5, 0.6) is 5.75 Å². The number of piperazine rings is 1. The molecular formula is C21H27N3O4S. The second kappa shape index (κ2) is 8.73. The molecule has 0 radical (unpaired) electrons. The van der Waals surface area contributed by atoms with Gasteiger partial charge in [0.1, 0.15) is 5.75 Å². The second-order valence-corrected chi connectivity index (χ2v) is 9.18. The number of hydrogen-bond acceptors (Lipinski definition) is 5. The predicted molar refractivity (Wildman–Crippen MR) is 115 cm³/mol. The number of carbonyl (C=O) groups excluding carboxylic acids is 1. The molecule has 29 heavy (non-hydrogen) atoms. The van der Waals surface area contributed by atoms with Gasteiger partial charge in [-0.3, -0.25) is 9.10 Å². The number of rotatable bonds is 6. The van der Waals surface area contributed by atoms with Gasteiger partial charge < -0.3 is 14.5 Å². The molecule has 1 amide bonds. The molecule has 0 bridgehead atoms. The largest absolute Gasteiger partial charge is 0.497 e. The fourth-order valence-electron chi connectivity index (χ4n) is 3.33. The summed E-state index contributed by atoms with van der Waals surface area (Å²) < 4.78 is 30.6. The van der Waals surface area contributed by atoms with Crippen molar-refractivity contribution in [1.29, 1.82) is 0 Å². The van der Waals surface area contributed by atoms with Crippen molar-refractivity contribution in [3.63, 3.8) is 0 Å². The lowest BCUT2D eigenvalue weighted by Gasteiger charge is -2.36. The molecule has 0 aromatic heterocycles. The van der Waals surface area contributed by atoms with E-state index in [9.17, 15) is 13.2 Å². The van der Waals surface area contributed by atoms with Crippen molar-refractivity contribution >= 4 is 27.3 Å². The third kappa shape index (κ3) is 4.64. The minimum Gasteiger partial charge on any atom is -0.497 e. The Labute approximate surface area is 172 Å². The molecule has 1 heterocycles. The van der Waals surface area contributed by atoms with E-state index in [2.05, 4.69) is 4.90 Å². The summed E-state index contributed by atoms with van der Waals surface area (Å²) in [7, 11) is -0.216. The lowest BCUT2D eigenvalue weighted by Crippen LogP contribution is -2.48. The number of nitrogens with zero attached hydrogens (tertiary/aromatic N) is 3. The summed E-state index contributed by atoms with van der Waals surface area (Å²) in [6.45, 7) is 4.29. The highest BCUT2D eigenvalue weighted by Gasteiger charge is 2.23. The molecule has 1 fully saturated rings. The van der Waals surface area contributed by atoms with E-state index in [1.165, 1.54) is 11.4 Å². The quantitative estimate of drug-likeness (QED) is 0.722. The lowest BCUT2D eigenvalue weighted by atomic mass is 10.1. The molecule has 0 unspecified atom stereocenters. The molecule has 0 aliphatic carbocycles. The van der Waals surface area contributed by atoms with Crippen molar-refractivity contribution in [2.45, 2.75) is 6.92 Å². The molecule has 0 atom stereocenters. The summed E-state index contributed by atoms with van der Waals surface area (Å²) in [6, 6.07) is 14.7. The van der Waals surface area contributed by atoms with Crippen LogP contribution < -0.4 is 13.9 Å². The molecule has 7 nitrogen and oxygen atoms in total. The van der Waals surface area contributed by atoms with Gasteiger partial charge in [-0.25, -0.2) is 8.42 Å². The van der Waals surface area contributed by atoms with E-state index < -0.39 is 10.0 Å². The van der Waals surface area contributed by atoms with Gasteiger partial charge in [0, 0.05) is 44.5 Å². The van der Waals surface area contributed by atoms with Crippen LogP contribution in [0.2, 0.25) is 0 Å². The van der Waals surface area contributed by atoms with Crippen LogP contribution in [0.1, 0.15) is 17.3 Å². The van der Waals surface area contributed by atoms with Crippen LogP contribution in [0.3, 0.4) is 0 Å². The van der Waals surface area contributed by atoms with Crippen LogP contribution >= 0.6 is 0 Å². The van der Waals surface area contributed by atoms with Gasteiger partial charge in [-0.2, -0.15) is 0 Å². The number of anilines is 2. The molecule has 156 valence electrons. The van der Waals surface area contributed by atoms with E-state index in [4.69, 9.17) is 4.74 Å². The van der Waals surface area contributed by atoms with Gasteiger partial charge in [0.25, 0.3) is 5.91 Å². The van der Waals surface area contributed by atoms with Gasteiger partial charge in [-0.15, -0.1) is 0 Å². The first kappa shape index (κ1) is 21.0. The highest BCUT2D eigenvalue weighted by Crippen LogP contribution is 2.22. The maximum atomic E-state index is 12.9. The van der Waals surface area contributed by atoms with Crippen molar-refractivity contribution in [3.05, 3.63) is 54.1 Å². The number of carbonyl (C=O) groups is 1. The fourth-order valence-corrected chi connectivity index (χ4v) is 4.15. The number of hydrogen-bond donors (Lipinski definition) is 0. The number of methoxy groups -OCH3 is 1. The van der Waals surface area contributed by atoms with Crippen LogP contribution in [-0.4, -0.2) is 65.3 Å². The standard InChI is InChI=1S/C21H27N3O4S/c1-4-29(26,27)22(2)19-7-5-6-17(16-19)21(25)24-14-12-23(13-15-24)18-8-10-20(28-3)11-9-18/h5-11,16H,4,12-15H2,1-3H3. The first-order valence-electron chi connectivity index (χ1n) is 9.60. The normalized spacial score (nSPS) is 14.6. The average molecular weight is 418 g/mol. The van der Waals surface area contributed by atoms with E-state index in [1.54, 1.807) is 38.3 Å². The molecule has 1 aliphatic rings. The second-order valence-electron chi connectivity index (χ2n) is 6.90. The number of benzene rings is 2. The first-order chi connectivity index (χ1) is 13.9. The minimum atomic E-state index is -3.37. The smallest absolute Gasteiger partial charge is 0.254 e. The van der Waals surface area contributed by atoms with Crippen molar-refractivity contribution < 1.29 is 17.9 Å². The van der Waals surface area contributed by atoms with Gasteiger partial charge in [0.2, 0.25) is 10.0 Å². The fraction of sp³-hybridized carbons (Fsp3) is 0.381. The minimum absolute atomic E-state index is 0.00892. The Morgan fingerprint density at radius 2 is 1.72 bits per heavy atom. The molecule has 0 spiro atoms. The molecule has 2 aromatic carbocycles. The third-order valence-corrected chi connectivity index (χ3v) is 7.02. The van der Waals surface area contributed by atoms with Crippen molar-refractivity contribution in [3.8, 4) is 5.75 Å². The SMILES string of the molecule is CCS(=O)(=O)N(C)c1cccc(C(=O)N2CCN(c3ccc(OC)cc3)CC2)c1. The molecule has 1 aliphatic heterocycles. The van der Waals surface area contributed by atoms with E-state index in [-0.39, 0.29) is 11.7 Å². The molecule has 3 rings (SSSR count). The van der Waals surface area contributed by atoms with Gasteiger partial charge >= 0.3 is 0 Å². The maximum Gasteiger partial charge on any atom is 0.254 e. The van der Waals surface area contributed by atoms with Crippen LogP contribution in [0, 0.1) is 0 Å². The van der Waals surface area contributed by atoms with Crippen LogP contribution in [0.25, 0.3) is 0 Å². The van der Waals surface area contributed by atoms with E-state index in [0.29, 0.717) is 24.3 Å². The highest BCUT2D eigenvalue weighted by atomic mass is 32.2. The predicted octanol–water partition coefficient (Wildman–Crippen LogP) is 2.44. The third-order valence-electron chi connectivity index (χ3n) is 5.24. The maximum absolute atomic E-state index is 12.9. The molecule has 1 saturated heterocycles. The Balaban J connectivity index is 1.67. The van der Waals surface area contributed by atoms with Gasteiger partial charge in [0.15, 0.2) is 0 Å². The molecule has 2 aromatic rings. The van der Waals surface area contributed by atoms with Crippen molar-refractivity contribution in [1.82, 2.24) is 4.90 Å². The summed E-state index contributed by atoms with van der Waals surface area (Å²) in [5.74, 6) is 0.746. The van der Waals surface area contributed by atoms with Crippen molar-refractivity contribution in [2.75, 3.05) is 55.3 Å². The average Bonchev–Trinajstić information content (AvgIpc) is 2.78. The van der Waals surface area contributed by atoms with Crippen molar-refractivity contribution in [2.24, 2.45) is 0 Å². The summed E-state index contributed by atoms with van der Waals surface area (Å²) in [4.78, 5) is 17.0. The van der Waals surface area contributed by atoms with Crippen LogP contribution in [0.15, 0.2) is 48.5 Å². The van der Waals surface area contributed by atoms with E-state index in [0.717, 1.165) is 24.5 Å². The van der Waals surface area contributed by atoms with Gasteiger partial charge in [-0.1, -0.05) is 6.07 Å². The zero-order valence-electron chi connectivity index (χ0n) is 17.0. The van der Waals surface area contributed by atoms with Gasteiger partial charge in [-0.05, 0) is 49.4 Å². The number of amides is 1. The van der Waals surface area contributed by atoms with Gasteiger partial charge in [0.05, 0.1) is 18.6 Å². The molecule has 0 saturated carbocycles. The highest BCUT2D eigenvalue weighted by molar-refractivity contribution is 7.92. The summed E-state index contributed by atoms with van der Waals surface area (Å²) in [5.41, 5.74) is 2.10. The topological polar surface area (TPSA) is 70.2 Å². The Hall–Kier alpha value is -2.74. The van der Waals surface area contributed by atoms with Crippen LogP contribution in [-0.2, 0) is 10.0 Å². The Bertz CT molecular complexity index is 952. The summed E-state index contributed by atoms with van der Waals surface area (Å²) >= 11 is 0.